The number of likely N-dealkylation sites (N-methyl/N-ethyl adjacent to an activating group) is 1. The molecule has 1 rings (SSSR count). The number of benzene rings is 1. The van der Waals surface area contributed by atoms with Crippen LogP contribution in [0.15, 0.2) is 24.3 Å². The van der Waals surface area contributed by atoms with Gasteiger partial charge in [-0.2, -0.15) is 5.26 Å². The van der Waals surface area contributed by atoms with Gasteiger partial charge in [0.25, 0.3) is 0 Å². The fraction of sp³-hybridized carbons (Fsp3) is 0.385. The van der Waals surface area contributed by atoms with Gasteiger partial charge in [-0.15, -0.1) is 0 Å². The van der Waals surface area contributed by atoms with Crippen molar-refractivity contribution in [1.29, 1.82) is 5.26 Å². The van der Waals surface area contributed by atoms with E-state index >= 15 is 0 Å². The van der Waals surface area contributed by atoms with Crippen molar-refractivity contribution in [3.63, 3.8) is 0 Å². The number of rotatable bonds is 4. The molecule has 0 fully saturated rings. The number of carbonyl (C=O) groups excluding carboxylic acids is 1. The zero-order valence-corrected chi connectivity index (χ0v) is 10.4. The lowest BCUT2D eigenvalue weighted by Gasteiger charge is -2.19. The SMILES string of the molecule is CC(C)NC(=O)CN(C)c1ccc(C#N)cc1. The Morgan fingerprint density at radius 1 is 1.41 bits per heavy atom. The van der Waals surface area contributed by atoms with Crippen LogP contribution in [0.5, 0.6) is 0 Å². The van der Waals surface area contributed by atoms with Crippen molar-refractivity contribution in [2.75, 3.05) is 18.5 Å². The second kappa shape index (κ2) is 5.90. The summed E-state index contributed by atoms with van der Waals surface area (Å²) in [4.78, 5) is 13.4. The van der Waals surface area contributed by atoms with Gasteiger partial charge in [0.1, 0.15) is 0 Å². The number of amides is 1. The van der Waals surface area contributed by atoms with Crippen molar-refractivity contribution in [3.8, 4) is 6.07 Å². The summed E-state index contributed by atoms with van der Waals surface area (Å²) in [5, 5.41) is 11.5. The molecule has 0 saturated carbocycles. The van der Waals surface area contributed by atoms with E-state index in [1.807, 2.05) is 37.9 Å². The van der Waals surface area contributed by atoms with Crippen LogP contribution < -0.4 is 10.2 Å². The first-order chi connectivity index (χ1) is 8.02. The van der Waals surface area contributed by atoms with Crippen molar-refractivity contribution in [2.45, 2.75) is 19.9 Å². The highest BCUT2D eigenvalue weighted by atomic mass is 16.2. The highest BCUT2D eigenvalue weighted by Gasteiger charge is 2.08. The molecule has 17 heavy (non-hydrogen) atoms. The highest BCUT2D eigenvalue weighted by molar-refractivity contribution is 5.81. The number of hydrogen-bond donors (Lipinski definition) is 1. The van der Waals surface area contributed by atoms with Gasteiger partial charge >= 0.3 is 0 Å². The number of nitrogens with one attached hydrogen (secondary N) is 1. The minimum absolute atomic E-state index is 0.00754. The van der Waals surface area contributed by atoms with Crippen molar-refractivity contribution < 1.29 is 4.79 Å². The van der Waals surface area contributed by atoms with Crippen molar-refractivity contribution in [2.24, 2.45) is 0 Å². The predicted octanol–water partition coefficient (Wildman–Crippen LogP) is 1.52. The Hall–Kier alpha value is -2.02. The molecule has 0 aromatic heterocycles. The zero-order chi connectivity index (χ0) is 12.8. The first kappa shape index (κ1) is 13.0. The molecule has 0 aliphatic carbocycles. The number of nitrogens with zero attached hydrogens (tertiary/aromatic N) is 2. The predicted molar refractivity (Wildman–Crippen MR) is 67.7 cm³/mol. The normalized spacial score (nSPS) is 9.82. The van der Waals surface area contributed by atoms with Crippen LogP contribution >= 0.6 is 0 Å². The average molecular weight is 231 g/mol. The Kier molecular flexibility index (Phi) is 4.53. The average Bonchev–Trinajstić information content (AvgIpc) is 2.28. The summed E-state index contributed by atoms with van der Waals surface area (Å²) >= 11 is 0. The molecule has 4 heteroatoms. The lowest BCUT2D eigenvalue weighted by molar-refractivity contribution is -0.120. The molecule has 1 aromatic rings. The van der Waals surface area contributed by atoms with Crippen LogP contribution in [-0.4, -0.2) is 25.5 Å². The second-order valence-electron chi connectivity index (χ2n) is 4.24. The van der Waals surface area contributed by atoms with Crippen LogP contribution in [0.1, 0.15) is 19.4 Å². The molecule has 1 N–H and O–H groups in total. The molecule has 90 valence electrons. The molecule has 1 amide bonds. The third-order valence-corrected chi connectivity index (χ3v) is 2.27. The maximum absolute atomic E-state index is 11.6. The van der Waals surface area contributed by atoms with Gasteiger partial charge in [-0.1, -0.05) is 0 Å². The highest BCUT2D eigenvalue weighted by Crippen LogP contribution is 2.12. The van der Waals surface area contributed by atoms with Crippen molar-refractivity contribution in [3.05, 3.63) is 29.8 Å². The molecule has 0 bridgehead atoms. The maximum atomic E-state index is 11.6. The molecular weight excluding hydrogens is 214 g/mol. The first-order valence-corrected chi connectivity index (χ1v) is 5.53. The molecular formula is C13H17N3O. The van der Waals surface area contributed by atoms with E-state index < -0.39 is 0 Å². The van der Waals surface area contributed by atoms with Crippen LogP contribution in [0, 0.1) is 11.3 Å². The van der Waals surface area contributed by atoms with E-state index in [-0.39, 0.29) is 11.9 Å². The zero-order valence-electron chi connectivity index (χ0n) is 10.4. The molecule has 0 aliphatic rings. The van der Waals surface area contributed by atoms with E-state index in [1.54, 1.807) is 12.1 Å². The van der Waals surface area contributed by atoms with Gasteiger partial charge in [0.2, 0.25) is 5.91 Å². The topological polar surface area (TPSA) is 56.1 Å². The minimum atomic E-state index is -0.00754. The first-order valence-electron chi connectivity index (χ1n) is 5.53. The van der Waals surface area contributed by atoms with Gasteiger partial charge in [-0.25, -0.2) is 0 Å². The van der Waals surface area contributed by atoms with Crippen molar-refractivity contribution in [1.82, 2.24) is 5.32 Å². The van der Waals surface area contributed by atoms with E-state index in [2.05, 4.69) is 11.4 Å². The Morgan fingerprint density at radius 3 is 2.47 bits per heavy atom. The van der Waals surface area contributed by atoms with Crippen LogP contribution in [0.4, 0.5) is 5.69 Å². The monoisotopic (exact) mass is 231 g/mol. The Balaban J connectivity index is 2.60. The quantitative estimate of drug-likeness (QED) is 0.854. The summed E-state index contributed by atoms with van der Waals surface area (Å²) in [6, 6.07) is 9.37. The van der Waals surface area contributed by atoms with Crippen molar-refractivity contribution >= 4 is 11.6 Å². The van der Waals surface area contributed by atoms with E-state index in [0.717, 1.165) is 5.69 Å². The summed E-state index contributed by atoms with van der Waals surface area (Å²) in [6.45, 7) is 4.17. The van der Waals surface area contributed by atoms with Gasteiger partial charge in [-0.05, 0) is 38.1 Å². The summed E-state index contributed by atoms with van der Waals surface area (Å²) in [5.41, 5.74) is 1.54. The smallest absolute Gasteiger partial charge is 0.239 e. The fourth-order valence-corrected chi connectivity index (χ4v) is 1.46. The Labute approximate surface area is 102 Å². The molecule has 4 nitrogen and oxygen atoms in total. The number of anilines is 1. The molecule has 1 aromatic carbocycles. The third kappa shape index (κ3) is 4.15. The van der Waals surface area contributed by atoms with Crippen LogP contribution in [0.2, 0.25) is 0 Å². The van der Waals surface area contributed by atoms with E-state index in [1.165, 1.54) is 0 Å². The van der Waals surface area contributed by atoms with Gasteiger partial charge in [0.15, 0.2) is 0 Å². The lowest BCUT2D eigenvalue weighted by Crippen LogP contribution is -2.38. The van der Waals surface area contributed by atoms with E-state index in [0.29, 0.717) is 12.1 Å². The summed E-state index contributed by atoms with van der Waals surface area (Å²) in [5.74, 6) is -0.00754. The van der Waals surface area contributed by atoms with Gasteiger partial charge < -0.3 is 10.2 Å². The largest absolute Gasteiger partial charge is 0.365 e. The molecule has 0 atom stereocenters. The summed E-state index contributed by atoms with van der Waals surface area (Å²) in [6.07, 6.45) is 0. The summed E-state index contributed by atoms with van der Waals surface area (Å²) in [7, 11) is 1.85. The maximum Gasteiger partial charge on any atom is 0.239 e. The molecule has 0 saturated heterocycles. The van der Waals surface area contributed by atoms with Crippen LogP contribution in [0.3, 0.4) is 0 Å². The Morgan fingerprint density at radius 2 is 2.00 bits per heavy atom. The summed E-state index contributed by atoms with van der Waals surface area (Å²) < 4.78 is 0. The van der Waals surface area contributed by atoms with Gasteiger partial charge in [0, 0.05) is 18.8 Å². The third-order valence-electron chi connectivity index (χ3n) is 2.27. The molecule has 0 spiro atoms. The minimum Gasteiger partial charge on any atom is -0.365 e. The molecule has 0 heterocycles. The standard InChI is InChI=1S/C13H17N3O/c1-10(2)15-13(17)9-16(3)12-6-4-11(8-14)5-7-12/h4-7,10H,9H2,1-3H3,(H,15,17). The number of hydrogen-bond acceptors (Lipinski definition) is 3. The lowest BCUT2D eigenvalue weighted by atomic mass is 10.2. The Bertz CT molecular complexity index is 417. The van der Waals surface area contributed by atoms with Gasteiger partial charge in [-0.3, -0.25) is 4.79 Å². The van der Waals surface area contributed by atoms with E-state index in [9.17, 15) is 4.79 Å². The van der Waals surface area contributed by atoms with Crippen LogP contribution in [0.25, 0.3) is 0 Å². The van der Waals surface area contributed by atoms with Gasteiger partial charge in [0.05, 0.1) is 18.2 Å². The fourth-order valence-electron chi connectivity index (χ4n) is 1.46. The van der Waals surface area contributed by atoms with Crippen LogP contribution in [-0.2, 0) is 4.79 Å². The molecule has 0 radical (unpaired) electrons. The molecule has 0 aliphatic heterocycles. The number of carbonyl (C=O) groups is 1. The molecule has 0 unspecified atom stereocenters. The second-order valence-corrected chi connectivity index (χ2v) is 4.24. The number of nitriles is 1. The van der Waals surface area contributed by atoms with E-state index in [4.69, 9.17) is 5.26 Å².